The average Bonchev–Trinajstić information content (AvgIpc) is 3.09. The van der Waals surface area contributed by atoms with Gasteiger partial charge in [-0.3, -0.25) is 0 Å². The van der Waals surface area contributed by atoms with Crippen LogP contribution in [-0.2, 0) is 6.54 Å². The summed E-state index contributed by atoms with van der Waals surface area (Å²) in [6.07, 6.45) is 1.95. The van der Waals surface area contributed by atoms with Gasteiger partial charge in [0.2, 0.25) is 5.96 Å². The van der Waals surface area contributed by atoms with Crippen molar-refractivity contribution in [3.05, 3.63) is 72.7 Å². The number of imidazole rings is 1. The van der Waals surface area contributed by atoms with Gasteiger partial charge in [0.05, 0.1) is 23.3 Å². The molecule has 0 atom stereocenters. The molecular formula is C23H21N5. The number of nitrogens with one attached hydrogen (secondary N) is 2. The lowest BCUT2D eigenvalue weighted by atomic mass is 9.99. The van der Waals surface area contributed by atoms with Crippen LogP contribution in [0.5, 0.6) is 0 Å². The SMILES string of the molecule is CCn1c(-c2ccc3cccc4c3c2N=C(Nc2ccccc2)N4)cnc1C. The Morgan fingerprint density at radius 3 is 2.68 bits per heavy atom. The van der Waals surface area contributed by atoms with Gasteiger partial charge in [0.25, 0.3) is 0 Å². The zero-order chi connectivity index (χ0) is 19.1. The van der Waals surface area contributed by atoms with Crippen LogP contribution in [0.15, 0.2) is 71.9 Å². The first-order valence-electron chi connectivity index (χ1n) is 9.50. The molecule has 0 saturated carbocycles. The molecule has 1 aromatic heterocycles. The second-order valence-corrected chi connectivity index (χ2v) is 6.88. The summed E-state index contributed by atoms with van der Waals surface area (Å²) in [7, 11) is 0. The number of aryl methyl sites for hydroxylation is 1. The fourth-order valence-electron chi connectivity index (χ4n) is 3.85. The zero-order valence-electron chi connectivity index (χ0n) is 15.9. The van der Waals surface area contributed by atoms with Crippen molar-refractivity contribution in [2.24, 2.45) is 4.99 Å². The third-order valence-corrected chi connectivity index (χ3v) is 5.18. The number of hydrogen-bond acceptors (Lipinski definition) is 4. The molecule has 0 aliphatic carbocycles. The van der Waals surface area contributed by atoms with E-state index in [2.05, 4.69) is 57.4 Å². The van der Waals surface area contributed by atoms with E-state index in [-0.39, 0.29) is 0 Å². The molecule has 2 N–H and O–H groups in total. The van der Waals surface area contributed by atoms with E-state index in [0.29, 0.717) is 0 Å². The molecule has 0 radical (unpaired) electrons. The number of benzene rings is 3. The molecule has 28 heavy (non-hydrogen) atoms. The van der Waals surface area contributed by atoms with Crippen LogP contribution in [0.1, 0.15) is 12.7 Å². The molecule has 2 heterocycles. The lowest BCUT2D eigenvalue weighted by Gasteiger charge is -2.22. The van der Waals surface area contributed by atoms with Gasteiger partial charge in [0, 0.05) is 23.2 Å². The Labute approximate surface area is 163 Å². The van der Waals surface area contributed by atoms with Crippen molar-refractivity contribution in [3.8, 4) is 11.3 Å². The Balaban J connectivity index is 1.71. The normalized spacial score (nSPS) is 12.6. The molecule has 4 aromatic rings. The lowest BCUT2D eigenvalue weighted by Crippen LogP contribution is -2.23. The summed E-state index contributed by atoms with van der Waals surface area (Å²) < 4.78 is 2.22. The van der Waals surface area contributed by atoms with Crippen LogP contribution in [0.3, 0.4) is 0 Å². The Morgan fingerprint density at radius 2 is 1.86 bits per heavy atom. The van der Waals surface area contributed by atoms with Gasteiger partial charge in [-0.1, -0.05) is 42.5 Å². The van der Waals surface area contributed by atoms with Gasteiger partial charge in [-0.15, -0.1) is 0 Å². The number of rotatable bonds is 3. The quantitative estimate of drug-likeness (QED) is 0.499. The maximum Gasteiger partial charge on any atom is 0.205 e. The molecule has 3 aromatic carbocycles. The van der Waals surface area contributed by atoms with Gasteiger partial charge in [0.1, 0.15) is 5.82 Å². The van der Waals surface area contributed by atoms with Gasteiger partial charge >= 0.3 is 0 Å². The Hall–Kier alpha value is -3.60. The largest absolute Gasteiger partial charge is 0.328 e. The molecule has 5 rings (SSSR count). The summed E-state index contributed by atoms with van der Waals surface area (Å²) in [5, 5.41) is 9.14. The van der Waals surface area contributed by atoms with Gasteiger partial charge in [-0.05, 0) is 37.4 Å². The standard InChI is InChI=1S/C23H21N5/c1-3-28-15(2)24-14-20(28)18-13-12-16-8-7-11-19-21(16)22(18)27-23(26-19)25-17-9-5-4-6-10-17/h4-14H,3H2,1-2H3,(H2,25,26,27). The highest BCUT2D eigenvalue weighted by atomic mass is 15.2. The molecule has 138 valence electrons. The van der Waals surface area contributed by atoms with Gasteiger partial charge in [-0.25, -0.2) is 9.98 Å². The van der Waals surface area contributed by atoms with E-state index in [1.54, 1.807) is 0 Å². The monoisotopic (exact) mass is 367 g/mol. The highest BCUT2D eigenvalue weighted by molar-refractivity contribution is 6.18. The van der Waals surface area contributed by atoms with Crippen molar-refractivity contribution in [2.75, 3.05) is 10.6 Å². The summed E-state index contributed by atoms with van der Waals surface area (Å²) in [4.78, 5) is 9.50. The van der Waals surface area contributed by atoms with E-state index in [1.165, 1.54) is 5.39 Å². The molecule has 5 nitrogen and oxygen atoms in total. The minimum absolute atomic E-state index is 0.720. The molecule has 5 heteroatoms. The summed E-state index contributed by atoms with van der Waals surface area (Å²) in [6.45, 7) is 5.05. The molecule has 0 spiro atoms. The molecule has 1 aliphatic heterocycles. The number of aliphatic imine (C=N–C) groups is 1. The first-order valence-corrected chi connectivity index (χ1v) is 9.50. The van der Waals surface area contributed by atoms with E-state index in [1.807, 2.05) is 43.5 Å². The van der Waals surface area contributed by atoms with Crippen molar-refractivity contribution in [1.29, 1.82) is 0 Å². The highest BCUT2D eigenvalue weighted by Crippen LogP contribution is 2.43. The number of hydrogen-bond donors (Lipinski definition) is 2. The molecule has 0 fully saturated rings. The minimum Gasteiger partial charge on any atom is -0.328 e. The lowest BCUT2D eigenvalue weighted by molar-refractivity contribution is 0.737. The molecule has 0 amide bonds. The summed E-state index contributed by atoms with van der Waals surface area (Å²) in [6, 6.07) is 20.7. The third kappa shape index (κ3) is 2.63. The number of aromatic nitrogens is 2. The van der Waals surface area contributed by atoms with Crippen molar-refractivity contribution in [2.45, 2.75) is 20.4 Å². The van der Waals surface area contributed by atoms with E-state index < -0.39 is 0 Å². The Bertz CT molecular complexity index is 1200. The van der Waals surface area contributed by atoms with Crippen LogP contribution in [0, 0.1) is 6.92 Å². The minimum atomic E-state index is 0.720. The number of para-hydroxylation sites is 1. The average molecular weight is 367 g/mol. The summed E-state index contributed by atoms with van der Waals surface area (Å²) in [5.41, 5.74) is 5.21. The van der Waals surface area contributed by atoms with Crippen LogP contribution >= 0.6 is 0 Å². The number of anilines is 2. The fourth-order valence-corrected chi connectivity index (χ4v) is 3.85. The molecule has 1 aliphatic rings. The van der Waals surface area contributed by atoms with Gasteiger partial charge < -0.3 is 15.2 Å². The van der Waals surface area contributed by atoms with Gasteiger partial charge in [-0.2, -0.15) is 0 Å². The number of nitrogens with zero attached hydrogens (tertiary/aromatic N) is 3. The predicted molar refractivity (Wildman–Crippen MR) is 116 cm³/mol. The highest BCUT2D eigenvalue weighted by Gasteiger charge is 2.20. The Morgan fingerprint density at radius 1 is 1.00 bits per heavy atom. The molecule has 0 unspecified atom stereocenters. The maximum absolute atomic E-state index is 4.97. The smallest absolute Gasteiger partial charge is 0.205 e. The maximum atomic E-state index is 4.97. The van der Waals surface area contributed by atoms with Crippen LogP contribution in [0.2, 0.25) is 0 Å². The van der Waals surface area contributed by atoms with Crippen LogP contribution in [0.4, 0.5) is 17.1 Å². The van der Waals surface area contributed by atoms with Crippen molar-refractivity contribution in [1.82, 2.24) is 9.55 Å². The predicted octanol–water partition coefficient (Wildman–Crippen LogP) is 5.56. The van der Waals surface area contributed by atoms with E-state index in [4.69, 9.17) is 4.99 Å². The molecule has 0 saturated heterocycles. The second-order valence-electron chi connectivity index (χ2n) is 6.88. The third-order valence-electron chi connectivity index (χ3n) is 5.18. The van der Waals surface area contributed by atoms with Gasteiger partial charge in [0.15, 0.2) is 0 Å². The van der Waals surface area contributed by atoms with Crippen molar-refractivity contribution in [3.63, 3.8) is 0 Å². The van der Waals surface area contributed by atoms with Crippen LogP contribution in [-0.4, -0.2) is 15.5 Å². The zero-order valence-corrected chi connectivity index (χ0v) is 15.9. The number of guanidine groups is 1. The van der Waals surface area contributed by atoms with Crippen molar-refractivity contribution >= 4 is 33.8 Å². The van der Waals surface area contributed by atoms with E-state index in [9.17, 15) is 0 Å². The van der Waals surface area contributed by atoms with Crippen molar-refractivity contribution < 1.29 is 0 Å². The van der Waals surface area contributed by atoms with Crippen LogP contribution < -0.4 is 10.6 Å². The Kier molecular flexibility index (Phi) is 3.86. The fraction of sp³-hybridized carbons (Fsp3) is 0.130. The van der Waals surface area contributed by atoms with E-state index >= 15 is 0 Å². The topological polar surface area (TPSA) is 54.2 Å². The summed E-state index contributed by atoms with van der Waals surface area (Å²) in [5.74, 6) is 1.73. The first kappa shape index (κ1) is 16.6. The van der Waals surface area contributed by atoms with E-state index in [0.717, 1.165) is 52.0 Å². The molecule has 0 bridgehead atoms. The van der Waals surface area contributed by atoms with Crippen LogP contribution in [0.25, 0.3) is 22.0 Å². The molecular weight excluding hydrogens is 346 g/mol. The first-order chi connectivity index (χ1) is 13.7. The second kappa shape index (κ2) is 6.53. The summed E-state index contributed by atoms with van der Waals surface area (Å²) >= 11 is 0.